The zero-order valence-electron chi connectivity index (χ0n) is 9.41. The second-order valence-corrected chi connectivity index (χ2v) is 5.58. The summed E-state index contributed by atoms with van der Waals surface area (Å²) in [7, 11) is 0. The van der Waals surface area contributed by atoms with Gasteiger partial charge in [0.25, 0.3) is 0 Å². The molecule has 0 fully saturated rings. The van der Waals surface area contributed by atoms with Gasteiger partial charge in [-0.2, -0.15) is 0 Å². The van der Waals surface area contributed by atoms with Crippen LogP contribution in [0.15, 0.2) is 36.4 Å². The van der Waals surface area contributed by atoms with Crippen LogP contribution in [0.3, 0.4) is 0 Å². The minimum Gasteiger partial charge on any atom is -0.305 e. The van der Waals surface area contributed by atoms with Gasteiger partial charge in [0, 0.05) is 23.0 Å². The van der Waals surface area contributed by atoms with Gasteiger partial charge >= 0.3 is 0 Å². The number of benzene rings is 1. The Balaban J connectivity index is 1.97. The Morgan fingerprint density at radius 2 is 2.06 bits per heavy atom. The molecule has 0 spiro atoms. The molecule has 1 nitrogen and oxygen atoms in total. The number of halogens is 2. The van der Waals surface area contributed by atoms with Gasteiger partial charge in [0.2, 0.25) is 0 Å². The van der Waals surface area contributed by atoms with Crippen LogP contribution in [0.4, 0.5) is 4.39 Å². The van der Waals surface area contributed by atoms with E-state index < -0.39 is 0 Å². The fourth-order valence-electron chi connectivity index (χ4n) is 1.57. The molecule has 17 heavy (non-hydrogen) atoms. The van der Waals surface area contributed by atoms with E-state index in [1.807, 2.05) is 25.1 Å². The van der Waals surface area contributed by atoms with Crippen molar-refractivity contribution in [1.82, 2.24) is 5.32 Å². The van der Waals surface area contributed by atoms with E-state index in [1.165, 1.54) is 6.07 Å². The van der Waals surface area contributed by atoms with Gasteiger partial charge < -0.3 is 5.32 Å². The summed E-state index contributed by atoms with van der Waals surface area (Å²) in [5, 5.41) is 3.28. The molecule has 1 aromatic carbocycles. The van der Waals surface area contributed by atoms with Crippen LogP contribution in [-0.4, -0.2) is 0 Å². The number of hydrogen-bond donors (Lipinski definition) is 1. The van der Waals surface area contributed by atoms with Crippen LogP contribution in [0.2, 0.25) is 4.34 Å². The summed E-state index contributed by atoms with van der Waals surface area (Å²) in [5.41, 5.74) is 0.682. The Bertz CT molecular complexity index is 498. The van der Waals surface area contributed by atoms with E-state index in [9.17, 15) is 4.39 Å². The number of hydrogen-bond acceptors (Lipinski definition) is 2. The van der Waals surface area contributed by atoms with Crippen molar-refractivity contribution in [3.63, 3.8) is 0 Å². The predicted molar refractivity (Wildman–Crippen MR) is 71.0 cm³/mol. The Morgan fingerprint density at radius 3 is 2.71 bits per heavy atom. The summed E-state index contributed by atoms with van der Waals surface area (Å²) in [4.78, 5) is 1.16. The van der Waals surface area contributed by atoms with Gasteiger partial charge in [0.05, 0.1) is 4.34 Å². The third-order valence-electron chi connectivity index (χ3n) is 2.58. The first-order chi connectivity index (χ1) is 8.16. The maximum absolute atomic E-state index is 13.4. The molecule has 0 amide bonds. The van der Waals surface area contributed by atoms with E-state index in [4.69, 9.17) is 11.6 Å². The van der Waals surface area contributed by atoms with Crippen molar-refractivity contribution in [2.75, 3.05) is 0 Å². The summed E-state index contributed by atoms with van der Waals surface area (Å²) in [6.45, 7) is 2.56. The molecule has 0 aliphatic heterocycles. The molecule has 1 atom stereocenters. The third kappa shape index (κ3) is 3.28. The van der Waals surface area contributed by atoms with E-state index in [2.05, 4.69) is 5.32 Å². The molecule has 1 unspecified atom stereocenters. The van der Waals surface area contributed by atoms with Gasteiger partial charge in [0.1, 0.15) is 5.82 Å². The standard InChI is InChI=1S/C13H13ClFNS/c1-9(12-6-7-13(14)17-12)16-8-10-4-2-3-5-11(10)15/h2-7,9,16H,8H2,1H3. The smallest absolute Gasteiger partial charge is 0.127 e. The van der Waals surface area contributed by atoms with E-state index in [-0.39, 0.29) is 11.9 Å². The van der Waals surface area contributed by atoms with Gasteiger partial charge in [-0.3, -0.25) is 0 Å². The predicted octanol–water partition coefficient (Wildman–Crippen LogP) is 4.39. The Labute approximate surface area is 109 Å². The first-order valence-electron chi connectivity index (χ1n) is 5.39. The van der Waals surface area contributed by atoms with Crippen molar-refractivity contribution in [3.05, 3.63) is 57.0 Å². The summed E-state index contributed by atoms with van der Waals surface area (Å²) < 4.78 is 14.2. The Kier molecular flexibility index (Phi) is 4.15. The second-order valence-electron chi connectivity index (χ2n) is 3.84. The van der Waals surface area contributed by atoms with Crippen molar-refractivity contribution >= 4 is 22.9 Å². The minimum absolute atomic E-state index is 0.170. The molecule has 0 saturated carbocycles. The molecule has 1 heterocycles. The van der Waals surface area contributed by atoms with Crippen molar-refractivity contribution < 1.29 is 4.39 Å². The first kappa shape index (κ1) is 12.6. The Hall–Kier alpha value is -0.900. The van der Waals surface area contributed by atoms with E-state index in [1.54, 1.807) is 23.5 Å². The topological polar surface area (TPSA) is 12.0 Å². The molecule has 0 bridgehead atoms. The lowest BCUT2D eigenvalue weighted by atomic mass is 10.2. The lowest BCUT2D eigenvalue weighted by molar-refractivity contribution is 0.549. The Morgan fingerprint density at radius 1 is 1.29 bits per heavy atom. The number of thiophene rings is 1. The van der Waals surface area contributed by atoms with Crippen LogP contribution in [0.25, 0.3) is 0 Å². The van der Waals surface area contributed by atoms with Crippen molar-refractivity contribution in [2.45, 2.75) is 19.5 Å². The molecule has 0 saturated heterocycles. The number of rotatable bonds is 4. The zero-order chi connectivity index (χ0) is 12.3. The summed E-state index contributed by atoms with van der Waals surface area (Å²) in [6.07, 6.45) is 0. The molecule has 90 valence electrons. The maximum atomic E-state index is 13.4. The fourth-order valence-corrected chi connectivity index (χ4v) is 2.65. The lowest BCUT2D eigenvalue weighted by Gasteiger charge is -2.12. The van der Waals surface area contributed by atoms with Crippen molar-refractivity contribution in [1.29, 1.82) is 0 Å². The molecule has 1 aromatic heterocycles. The van der Waals surface area contributed by atoms with Crippen molar-refractivity contribution in [3.8, 4) is 0 Å². The van der Waals surface area contributed by atoms with Crippen LogP contribution >= 0.6 is 22.9 Å². The highest BCUT2D eigenvalue weighted by Crippen LogP contribution is 2.26. The summed E-state index contributed by atoms with van der Waals surface area (Å²) in [6, 6.07) is 10.8. The molecule has 0 radical (unpaired) electrons. The molecular weight excluding hydrogens is 257 g/mol. The van der Waals surface area contributed by atoms with Crippen LogP contribution in [0.1, 0.15) is 23.4 Å². The summed E-state index contributed by atoms with van der Waals surface area (Å²) in [5.74, 6) is -0.170. The highest BCUT2D eigenvalue weighted by atomic mass is 35.5. The van der Waals surface area contributed by atoms with Gasteiger partial charge in [-0.15, -0.1) is 11.3 Å². The fraction of sp³-hybridized carbons (Fsp3) is 0.231. The lowest BCUT2D eigenvalue weighted by Crippen LogP contribution is -2.17. The van der Waals surface area contributed by atoms with Crippen LogP contribution in [-0.2, 0) is 6.54 Å². The van der Waals surface area contributed by atoms with Gasteiger partial charge in [-0.1, -0.05) is 29.8 Å². The van der Waals surface area contributed by atoms with Gasteiger partial charge in [-0.25, -0.2) is 4.39 Å². The average molecular weight is 270 g/mol. The SMILES string of the molecule is CC(NCc1ccccc1F)c1ccc(Cl)s1. The largest absolute Gasteiger partial charge is 0.305 e. The van der Waals surface area contributed by atoms with Crippen LogP contribution in [0.5, 0.6) is 0 Å². The van der Waals surface area contributed by atoms with E-state index in [0.29, 0.717) is 12.1 Å². The highest BCUT2D eigenvalue weighted by molar-refractivity contribution is 7.16. The summed E-state index contributed by atoms with van der Waals surface area (Å²) >= 11 is 7.42. The molecule has 2 aromatic rings. The normalized spacial score (nSPS) is 12.6. The average Bonchev–Trinajstić information content (AvgIpc) is 2.74. The molecule has 1 N–H and O–H groups in total. The molecule has 0 aliphatic carbocycles. The maximum Gasteiger partial charge on any atom is 0.127 e. The van der Waals surface area contributed by atoms with Gasteiger partial charge in [0.15, 0.2) is 0 Å². The van der Waals surface area contributed by atoms with Crippen LogP contribution < -0.4 is 5.32 Å². The zero-order valence-corrected chi connectivity index (χ0v) is 11.0. The quantitative estimate of drug-likeness (QED) is 0.868. The van der Waals surface area contributed by atoms with Crippen LogP contribution in [0, 0.1) is 5.82 Å². The highest BCUT2D eigenvalue weighted by Gasteiger charge is 2.08. The van der Waals surface area contributed by atoms with E-state index >= 15 is 0 Å². The monoisotopic (exact) mass is 269 g/mol. The third-order valence-corrected chi connectivity index (χ3v) is 3.99. The first-order valence-corrected chi connectivity index (χ1v) is 6.58. The molecule has 0 aliphatic rings. The second kappa shape index (κ2) is 5.63. The molecule has 4 heteroatoms. The number of nitrogens with one attached hydrogen (secondary N) is 1. The molecule has 2 rings (SSSR count). The van der Waals surface area contributed by atoms with E-state index in [0.717, 1.165) is 9.21 Å². The van der Waals surface area contributed by atoms with Crippen molar-refractivity contribution in [2.24, 2.45) is 0 Å². The molecular formula is C13H13ClFNS. The van der Waals surface area contributed by atoms with Gasteiger partial charge in [-0.05, 0) is 25.1 Å². The minimum atomic E-state index is -0.170.